The first-order chi connectivity index (χ1) is 18.1. The van der Waals surface area contributed by atoms with Crippen LogP contribution in [0.15, 0.2) is 53.7 Å². The van der Waals surface area contributed by atoms with Crippen molar-refractivity contribution in [2.24, 2.45) is 0 Å². The molecule has 200 valence electrons. The molecule has 3 heterocycles. The van der Waals surface area contributed by atoms with Crippen LogP contribution in [0.2, 0.25) is 5.02 Å². The predicted molar refractivity (Wildman–Crippen MR) is 131 cm³/mol. The number of Topliss-reactive ketones (excluding diaryl/α,β-unsaturated/α-hetero) is 1. The van der Waals surface area contributed by atoms with E-state index in [4.69, 9.17) is 11.6 Å². The molecule has 0 saturated carbocycles. The molecule has 0 radical (unpaired) electrons. The Kier molecular flexibility index (Phi) is 8.07. The molecule has 0 spiro atoms. The number of ketones is 1. The number of halogens is 4. The fraction of sp³-hybridized carbons (Fsp3) is 0.333. The van der Waals surface area contributed by atoms with Gasteiger partial charge in [0.2, 0.25) is 0 Å². The SMILES string of the molecule is CCCC(=O)Cc1ncccc1-n1cnc(Cn2nc(-c3ccc(Cl)cc3)n(C[C@H](O)C(F)(F)F)c2=O)n1. The van der Waals surface area contributed by atoms with Crippen molar-refractivity contribution in [3.63, 3.8) is 0 Å². The molecular formula is C24H23ClF3N7O3. The Morgan fingerprint density at radius 1 is 1.13 bits per heavy atom. The van der Waals surface area contributed by atoms with E-state index in [2.05, 4.69) is 20.2 Å². The number of carbonyl (C=O) groups is 1. The number of aromatic nitrogens is 7. The van der Waals surface area contributed by atoms with Crippen molar-refractivity contribution >= 4 is 17.4 Å². The van der Waals surface area contributed by atoms with E-state index in [0.29, 0.717) is 34.8 Å². The predicted octanol–water partition coefficient (Wildman–Crippen LogP) is 3.22. The summed E-state index contributed by atoms with van der Waals surface area (Å²) in [5.41, 5.74) is 0.482. The van der Waals surface area contributed by atoms with Crippen molar-refractivity contribution in [3.05, 3.63) is 75.9 Å². The number of pyridine rings is 1. The number of carbonyl (C=O) groups excluding carboxylic acids is 1. The number of hydrogen-bond acceptors (Lipinski definition) is 7. The second-order valence-corrected chi connectivity index (χ2v) is 8.92. The fourth-order valence-electron chi connectivity index (χ4n) is 3.75. The minimum Gasteiger partial charge on any atom is -0.382 e. The molecule has 1 atom stereocenters. The average molecular weight is 550 g/mol. The normalized spacial score (nSPS) is 12.6. The zero-order valence-corrected chi connectivity index (χ0v) is 20.9. The van der Waals surface area contributed by atoms with Crippen molar-refractivity contribution in [1.29, 1.82) is 0 Å². The molecule has 1 aromatic carbocycles. The minimum absolute atomic E-state index is 0.0284. The highest BCUT2D eigenvalue weighted by molar-refractivity contribution is 6.30. The summed E-state index contributed by atoms with van der Waals surface area (Å²) in [5, 5.41) is 18.6. The number of nitrogens with zero attached hydrogens (tertiary/aromatic N) is 7. The minimum atomic E-state index is -4.93. The largest absolute Gasteiger partial charge is 0.416 e. The van der Waals surface area contributed by atoms with Gasteiger partial charge >= 0.3 is 11.9 Å². The van der Waals surface area contributed by atoms with Crippen LogP contribution < -0.4 is 5.69 Å². The molecule has 0 aliphatic carbocycles. The quantitative estimate of drug-likeness (QED) is 0.322. The first-order valence-electron chi connectivity index (χ1n) is 11.6. The zero-order valence-electron chi connectivity index (χ0n) is 20.1. The van der Waals surface area contributed by atoms with Gasteiger partial charge in [0.15, 0.2) is 17.8 Å². The molecule has 0 unspecified atom stereocenters. The van der Waals surface area contributed by atoms with Gasteiger partial charge in [-0.3, -0.25) is 14.3 Å². The third kappa shape index (κ3) is 6.17. The Hall–Kier alpha value is -3.84. The second kappa shape index (κ2) is 11.3. The molecule has 0 saturated heterocycles. The van der Waals surface area contributed by atoms with Gasteiger partial charge in [0.1, 0.15) is 18.7 Å². The maximum absolute atomic E-state index is 13.1. The summed E-state index contributed by atoms with van der Waals surface area (Å²) in [5.74, 6) is 0.0875. The van der Waals surface area contributed by atoms with Crippen molar-refractivity contribution in [1.82, 2.24) is 34.1 Å². The number of aliphatic hydroxyl groups excluding tert-OH is 1. The van der Waals surface area contributed by atoms with Gasteiger partial charge in [-0.1, -0.05) is 18.5 Å². The van der Waals surface area contributed by atoms with E-state index in [9.17, 15) is 27.9 Å². The van der Waals surface area contributed by atoms with Crippen molar-refractivity contribution in [3.8, 4) is 17.1 Å². The van der Waals surface area contributed by atoms with Gasteiger partial charge in [-0.25, -0.2) is 19.1 Å². The Bertz CT molecular complexity index is 1480. The van der Waals surface area contributed by atoms with E-state index in [1.54, 1.807) is 18.3 Å². The van der Waals surface area contributed by atoms with E-state index in [-0.39, 0.29) is 30.4 Å². The molecule has 10 nitrogen and oxygen atoms in total. The first-order valence-corrected chi connectivity index (χ1v) is 12.0. The maximum atomic E-state index is 13.1. The molecule has 14 heteroatoms. The molecule has 0 aliphatic rings. The third-order valence-corrected chi connectivity index (χ3v) is 5.85. The molecule has 0 aliphatic heterocycles. The van der Waals surface area contributed by atoms with Crippen LogP contribution in [0.4, 0.5) is 13.2 Å². The van der Waals surface area contributed by atoms with Gasteiger partial charge in [-0.05, 0) is 42.8 Å². The highest BCUT2D eigenvalue weighted by atomic mass is 35.5. The number of benzene rings is 1. The lowest BCUT2D eigenvalue weighted by Crippen LogP contribution is -2.37. The lowest BCUT2D eigenvalue weighted by molar-refractivity contribution is -0.207. The number of alkyl halides is 3. The van der Waals surface area contributed by atoms with Gasteiger partial charge in [0.25, 0.3) is 0 Å². The third-order valence-electron chi connectivity index (χ3n) is 5.60. The summed E-state index contributed by atoms with van der Waals surface area (Å²) < 4.78 is 42.3. The van der Waals surface area contributed by atoms with Gasteiger partial charge in [0, 0.05) is 23.2 Å². The molecule has 3 aromatic heterocycles. The Balaban J connectivity index is 1.66. The lowest BCUT2D eigenvalue weighted by Gasteiger charge is -2.15. The van der Waals surface area contributed by atoms with Gasteiger partial charge in [0.05, 0.1) is 24.3 Å². The van der Waals surface area contributed by atoms with Crippen molar-refractivity contribution < 1.29 is 23.1 Å². The van der Waals surface area contributed by atoms with Crippen LogP contribution in [0, 0.1) is 0 Å². The van der Waals surface area contributed by atoms with Gasteiger partial charge in [-0.15, -0.1) is 10.2 Å². The standard InChI is InChI=1S/C24H23ClF3N7O3/c1-2-4-17(36)11-18-19(5-3-10-29-18)35-14-30-21(31-35)13-34-23(38)33(12-20(37)24(26,27)28)22(32-34)15-6-8-16(25)9-7-15/h3,5-10,14,20,37H,2,4,11-13H2,1H3/t20-/m0/s1. The highest BCUT2D eigenvalue weighted by Crippen LogP contribution is 2.24. The van der Waals surface area contributed by atoms with E-state index in [1.165, 1.54) is 35.3 Å². The fourth-order valence-corrected chi connectivity index (χ4v) is 3.87. The van der Waals surface area contributed by atoms with Crippen LogP contribution in [0.5, 0.6) is 0 Å². The monoisotopic (exact) mass is 549 g/mol. The number of hydrogen-bond donors (Lipinski definition) is 1. The molecule has 0 bridgehead atoms. The van der Waals surface area contributed by atoms with Crippen LogP contribution in [0.25, 0.3) is 17.1 Å². The molecule has 1 N–H and O–H groups in total. The van der Waals surface area contributed by atoms with Crippen LogP contribution in [-0.2, 0) is 24.3 Å². The summed E-state index contributed by atoms with van der Waals surface area (Å²) in [6, 6.07) is 9.41. The summed E-state index contributed by atoms with van der Waals surface area (Å²) in [4.78, 5) is 33.7. The molecule has 4 aromatic rings. The van der Waals surface area contributed by atoms with Crippen molar-refractivity contribution in [2.45, 2.75) is 51.6 Å². The van der Waals surface area contributed by atoms with Crippen molar-refractivity contribution in [2.75, 3.05) is 0 Å². The Labute approximate surface area is 219 Å². The Morgan fingerprint density at radius 2 is 1.87 bits per heavy atom. The molecule has 0 amide bonds. The number of aliphatic hydroxyl groups is 1. The Morgan fingerprint density at radius 3 is 2.55 bits per heavy atom. The molecular weight excluding hydrogens is 527 g/mol. The maximum Gasteiger partial charge on any atom is 0.416 e. The topological polar surface area (TPSA) is 121 Å². The smallest absolute Gasteiger partial charge is 0.382 e. The van der Waals surface area contributed by atoms with Crippen LogP contribution in [0.3, 0.4) is 0 Å². The first kappa shape index (κ1) is 27.2. The van der Waals surface area contributed by atoms with E-state index in [0.717, 1.165) is 9.25 Å². The van der Waals surface area contributed by atoms with Gasteiger partial charge < -0.3 is 5.11 Å². The summed E-state index contributed by atoms with van der Waals surface area (Å²) in [6.07, 6.45) is -3.50. The zero-order chi connectivity index (χ0) is 27.4. The molecule has 0 fully saturated rings. The number of rotatable bonds is 10. The summed E-state index contributed by atoms with van der Waals surface area (Å²) >= 11 is 5.91. The molecule has 38 heavy (non-hydrogen) atoms. The van der Waals surface area contributed by atoms with Crippen LogP contribution in [0.1, 0.15) is 31.3 Å². The van der Waals surface area contributed by atoms with E-state index < -0.39 is 24.5 Å². The average Bonchev–Trinajstić information content (AvgIpc) is 3.45. The highest BCUT2D eigenvalue weighted by Gasteiger charge is 2.39. The summed E-state index contributed by atoms with van der Waals surface area (Å²) in [6.45, 7) is 0.602. The van der Waals surface area contributed by atoms with Gasteiger partial charge in [-0.2, -0.15) is 13.2 Å². The lowest BCUT2D eigenvalue weighted by atomic mass is 10.1. The van der Waals surface area contributed by atoms with E-state index in [1.807, 2.05) is 6.92 Å². The van der Waals surface area contributed by atoms with Crippen LogP contribution in [-0.4, -0.2) is 57.3 Å². The molecule has 4 rings (SSSR count). The van der Waals surface area contributed by atoms with Crippen LogP contribution >= 0.6 is 11.6 Å². The van der Waals surface area contributed by atoms with E-state index >= 15 is 0 Å². The second-order valence-electron chi connectivity index (χ2n) is 8.48. The summed E-state index contributed by atoms with van der Waals surface area (Å²) in [7, 11) is 0.